The molecule has 1 aromatic rings. The van der Waals surface area contributed by atoms with Gasteiger partial charge in [0.05, 0.1) is 11.6 Å². The van der Waals surface area contributed by atoms with Crippen molar-refractivity contribution in [3.63, 3.8) is 0 Å². The van der Waals surface area contributed by atoms with E-state index in [9.17, 15) is 0 Å². The summed E-state index contributed by atoms with van der Waals surface area (Å²) < 4.78 is 0. The van der Waals surface area contributed by atoms with Gasteiger partial charge in [-0.1, -0.05) is 6.42 Å². The summed E-state index contributed by atoms with van der Waals surface area (Å²) in [6.45, 7) is 2.62. The number of hydrogen-bond acceptors (Lipinski definition) is 4. The van der Waals surface area contributed by atoms with Crippen molar-refractivity contribution in [2.75, 3.05) is 11.9 Å². The van der Waals surface area contributed by atoms with Crippen molar-refractivity contribution in [3.05, 3.63) is 23.4 Å². The normalized spacial score (nSPS) is 23.4. The summed E-state index contributed by atoms with van der Waals surface area (Å²) >= 11 is 0. The van der Waals surface area contributed by atoms with E-state index in [4.69, 9.17) is 11.0 Å². The van der Waals surface area contributed by atoms with Gasteiger partial charge in [-0.3, -0.25) is 0 Å². The molecule has 1 aromatic heterocycles. The third-order valence-electron chi connectivity index (χ3n) is 3.38. The van der Waals surface area contributed by atoms with Crippen LogP contribution in [0.5, 0.6) is 0 Å². The number of hydrogen-bond donors (Lipinski definition) is 2. The highest BCUT2D eigenvalue weighted by Gasteiger charge is 2.26. The Labute approximate surface area is 102 Å². The molecule has 90 valence electrons. The zero-order valence-electron chi connectivity index (χ0n) is 10.1. The number of nitriles is 1. The molecule has 3 N–H and O–H groups in total. The first kappa shape index (κ1) is 11.9. The van der Waals surface area contributed by atoms with E-state index in [2.05, 4.69) is 16.4 Å². The molecule has 1 heterocycles. The molecule has 0 saturated heterocycles. The second-order valence-electron chi connectivity index (χ2n) is 4.67. The van der Waals surface area contributed by atoms with E-state index < -0.39 is 0 Å². The Morgan fingerprint density at radius 3 is 3.06 bits per heavy atom. The van der Waals surface area contributed by atoms with E-state index in [1.54, 1.807) is 12.1 Å². The topological polar surface area (TPSA) is 74.7 Å². The lowest BCUT2D eigenvalue weighted by molar-refractivity contribution is 0.515. The number of nitrogens with two attached hydrogens (primary N) is 1. The highest BCUT2D eigenvalue weighted by molar-refractivity contribution is 5.45. The van der Waals surface area contributed by atoms with Crippen molar-refractivity contribution in [2.45, 2.75) is 32.2 Å². The maximum Gasteiger partial charge on any atom is 0.127 e. The van der Waals surface area contributed by atoms with E-state index >= 15 is 0 Å². The summed E-state index contributed by atoms with van der Waals surface area (Å²) in [5.74, 6) is 1.33. The number of rotatable bonds is 3. The average molecular weight is 230 g/mol. The van der Waals surface area contributed by atoms with Crippen molar-refractivity contribution in [2.24, 2.45) is 11.7 Å². The van der Waals surface area contributed by atoms with Crippen LogP contribution < -0.4 is 11.1 Å². The first-order valence-electron chi connectivity index (χ1n) is 6.08. The highest BCUT2D eigenvalue weighted by Crippen LogP contribution is 2.27. The Morgan fingerprint density at radius 1 is 1.53 bits per heavy atom. The quantitative estimate of drug-likeness (QED) is 0.830. The van der Waals surface area contributed by atoms with Crippen molar-refractivity contribution < 1.29 is 0 Å². The third-order valence-corrected chi connectivity index (χ3v) is 3.38. The number of anilines is 1. The van der Waals surface area contributed by atoms with Gasteiger partial charge in [0.25, 0.3) is 0 Å². The second-order valence-corrected chi connectivity index (χ2v) is 4.67. The monoisotopic (exact) mass is 230 g/mol. The maximum absolute atomic E-state index is 8.92. The van der Waals surface area contributed by atoms with E-state index in [0.29, 0.717) is 24.1 Å². The van der Waals surface area contributed by atoms with Crippen molar-refractivity contribution in [1.29, 1.82) is 5.26 Å². The van der Waals surface area contributed by atoms with Gasteiger partial charge in [0.15, 0.2) is 0 Å². The molecule has 0 radical (unpaired) electrons. The summed E-state index contributed by atoms with van der Waals surface area (Å²) in [7, 11) is 0. The standard InChI is InChI=1S/C13H18N4/c1-9-5-10(7-14)6-13(16-9)17-12-4-2-3-11(12)8-15/h5-6,11-12H,2-4,8,15H2,1H3,(H,16,17). The molecule has 0 amide bonds. The Morgan fingerprint density at radius 2 is 2.35 bits per heavy atom. The van der Waals surface area contributed by atoms with Gasteiger partial charge in [-0.25, -0.2) is 4.98 Å². The zero-order chi connectivity index (χ0) is 12.3. The van der Waals surface area contributed by atoms with Gasteiger partial charge in [-0.15, -0.1) is 0 Å². The van der Waals surface area contributed by atoms with Crippen LogP contribution >= 0.6 is 0 Å². The highest BCUT2D eigenvalue weighted by atomic mass is 15.0. The predicted molar refractivity (Wildman–Crippen MR) is 67.5 cm³/mol. The number of aryl methyl sites for hydroxylation is 1. The smallest absolute Gasteiger partial charge is 0.127 e. The average Bonchev–Trinajstić information content (AvgIpc) is 2.75. The minimum Gasteiger partial charge on any atom is -0.367 e. The zero-order valence-corrected chi connectivity index (χ0v) is 10.1. The molecular weight excluding hydrogens is 212 g/mol. The SMILES string of the molecule is Cc1cc(C#N)cc(NC2CCCC2CN)n1. The molecule has 0 aromatic carbocycles. The van der Waals surface area contributed by atoms with Crippen molar-refractivity contribution in [1.82, 2.24) is 4.98 Å². The summed E-state index contributed by atoms with van der Waals surface area (Å²) in [5, 5.41) is 12.3. The van der Waals surface area contributed by atoms with E-state index in [0.717, 1.165) is 17.9 Å². The lowest BCUT2D eigenvalue weighted by Crippen LogP contribution is -2.29. The molecule has 2 rings (SSSR count). The number of nitrogens with zero attached hydrogens (tertiary/aromatic N) is 2. The molecule has 4 heteroatoms. The first-order chi connectivity index (χ1) is 8.22. The Balaban J connectivity index is 2.13. The van der Waals surface area contributed by atoms with Crippen LogP contribution in [0.2, 0.25) is 0 Å². The van der Waals surface area contributed by atoms with Gasteiger partial charge < -0.3 is 11.1 Å². The predicted octanol–water partition coefficient (Wildman–Crippen LogP) is 1.80. The Hall–Kier alpha value is -1.60. The largest absolute Gasteiger partial charge is 0.367 e. The van der Waals surface area contributed by atoms with Crippen LogP contribution in [0, 0.1) is 24.2 Å². The van der Waals surface area contributed by atoms with Crippen LogP contribution in [0.4, 0.5) is 5.82 Å². The van der Waals surface area contributed by atoms with Crippen LogP contribution in [0.15, 0.2) is 12.1 Å². The number of nitrogens with one attached hydrogen (secondary N) is 1. The fourth-order valence-corrected chi connectivity index (χ4v) is 2.51. The van der Waals surface area contributed by atoms with Gasteiger partial charge in [0.2, 0.25) is 0 Å². The van der Waals surface area contributed by atoms with Gasteiger partial charge in [0.1, 0.15) is 5.82 Å². The second kappa shape index (κ2) is 5.15. The molecular formula is C13H18N4. The van der Waals surface area contributed by atoms with Crippen LogP contribution in [0.25, 0.3) is 0 Å². The molecule has 4 nitrogen and oxygen atoms in total. The van der Waals surface area contributed by atoms with Crippen molar-refractivity contribution in [3.8, 4) is 6.07 Å². The molecule has 0 aliphatic heterocycles. The summed E-state index contributed by atoms with van der Waals surface area (Å²) in [4.78, 5) is 4.41. The van der Waals surface area contributed by atoms with Crippen LogP contribution in [0.3, 0.4) is 0 Å². The van der Waals surface area contributed by atoms with E-state index in [1.807, 2.05) is 6.92 Å². The molecule has 2 atom stereocenters. The molecule has 1 fully saturated rings. The van der Waals surface area contributed by atoms with Crippen molar-refractivity contribution >= 4 is 5.82 Å². The fourth-order valence-electron chi connectivity index (χ4n) is 2.51. The number of aromatic nitrogens is 1. The fraction of sp³-hybridized carbons (Fsp3) is 0.538. The molecule has 1 aliphatic carbocycles. The molecule has 0 bridgehead atoms. The van der Waals surface area contributed by atoms with Gasteiger partial charge in [-0.2, -0.15) is 5.26 Å². The maximum atomic E-state index is 8.92. The van der Waals surface area contributed by atoms with Gasteiger partial charge >= 0.3 is 0 Å². The van der Waals surface area contributed by atoms with E-state index in [-0.39, 0.29) is 0 Å². The summed E-state index contributed by atoms with van der Waals surface area (Å²) in [5.41, 5.74) is 7.28. The third kappa shape index (κ3) is 2.75. The number of pyridine rings is 1. The minimum absolute atomic E-state index is 0.404. The van der Waals surface area contributed by atoms with Gasteiger partial charge in [-0.05, 0) is 44.4 Å². The minimum atomic E-state index is 0.404. The molecule has 17 heavy (non-hydrogen) atoms. The molecule has 0 spiro atoms. The Bertz CT molecular complexity index is 436. The van der Waals surface area contributed by atoms with Gasteiger partial charge in [0, 0.05) is 11.7 Å². The molecule has 2 unspecified atom stereocenters. The lowest BCUT2D eigenvalue weighted by atomic mass is 10.0. The van der Waals surface area contributed by atoms with Crippen LogP contribution in [-0.2, 0) is 0 Å². The summed E-state index contributed by atoms with van der Waals surface area (Å²) in [6, 6.07) is 6.15. The molecule has 1 aliphatic rings. The Kier molecular flexibility index (Phi) is 3.60. The first-order valence-corrected chi connectivity index (χ1v) is 6.08. The molecule has 1 saturated carbocycles. The van der Waals surface area contributed by atoms with Crippen LogP contribution in [-0.4, -0.2) is 17.6 Å². The van der Waals surface area contributed by atoms with E-state index in [1.165, 1.54) is 12.8 Å². The summed E-state index contributed by atoms with van der Waals surface area (Å²) in [6.07, 6.45) is 3.54. The van der Waals surface area contributed by atoms with Crippen LogP contribution in [0.1, 0.15) is 30.5 Å². The lowest BCUT2D eigenvalue weighted by Gasteiger charge is -2.20.